The molecule has 0 bridgehead atoms. The Kier molecular flexibility index (Phi) is 6.75. The fourth-order valence-corrected chi connectivity index (χ4v) is 3.63. The van der Waals surface area contributed by atoms with Gasteiger partial charge in [0.25, 0.3) is 0 Å². The average molecular weight is 414 g/mol. The molecule has 2 aromatic carbocycles. The summed E-state index contributed by atoms with van der Waals surface area (Å²) in [5.41, 5.74) is 2.73. The van der Waals surface area contributed by atoms with Crippen molar-refractivity contribution in [1.29, 1.82) is 0 Å². The molecule has 2 N–H and O–H groups in total. The predicted octanol–water partition coefficient (Wildman–Crippen LogP) is 4.16. The van der Waals surface area contributed by atoms with Crippen LogP contribution in [0.15, 0.2) is 42.5 Å². The molecular formula is C23H24ClNO4. The van der Waals surface area contributed by atoms with Crippen LogP contribution in [0.1, 0.15) is 33.5 Å². The number of phenols is 1. The van der Waals surface area contributed by atoms with Gasteiger partial charge in [-0.3, -0.25) is 4.79 Å². The van der Waals surface area contributed by atoms with Crippen molar-refractivity contribution in [2.24, 2.45) is 0 Å². The zero-order valence-electron chi connectivity index (χ0n) is 16.5. The quantitative estimate of drug-likeness (QED) is 0.549. The first-order chi connectivity index (χ1) is 14.0. The number of aliphatic hydroxyl groups excluding tert-OH is 1. The van der Waals surface area contributed by atoms with Crippen molar-refractivity contribution in [3.05, 3.63) is 69.8 Å². The first-order valence-corrected chi connectivity index (χ1v) is 9.72. The van der Waals surface area contributed by atoms with Crippen LogP contribution >= 0.6 is 11.6 Å². The van der Waals surface area contributed by atoms with Crippen LogP contribution in [0.25, 0.3) is 11.6 Å². The molecular weight excluding hydrogens is 390 g/mol. The number of aromatic hydroxyl groups is 1. The highest BCUT2D eigenvalue weighted by atomic mass is 35.5. The lowest BCUT2D eigenvalue weighted by atomic mass is 9.90. The third kappa shape index (κ3) is 4.53. The van der Waals surface area contributed by atoms with E-state index in [4.69, 9.17) is 16.3 Å². The van der Waals surface area contributed by atoms with Crippen LogP contribution in [-0.2, 0) is 6.61 Å². The third-order valence-corrected chi connectivity index (χ3v) is 5.38. The number of aliphatic hydroxyl groups is 1. The molecule has 0 radical (unpaired) electrons. The number of carbonyl (C=O) groups is 1. The van der Waals surface area contributed by atoms with Gasteiger partial charge in [-0.25, -0.2) is 0 Å². The Morgan fingerprint density at radius 1 is 1.34 bits per heavy atom. The van der Waals surface area contributed by atoms with Gasteiger partial charge in [-0.15, -0.1) is 0 Å². The van der Waals surface area contributed by atoms with Gasteiger partial charge >= 0.3 is 0 Å². The zero-order valence-corrected chi connectivity index (χ0v) is 17.2. The summed E-state index contributed by atoms with van der Waals surface area (Å²) in [6, 6.07) is 8.79. The largest absolute Gasteiger partial charge is 0.506 e. The SMILES string of the molecule is COc1cc(CO)c(C2=CCN(C)CC2)c(O)c1C(=O)/C=C/c1ccccc1Cl. The molecule has 0 unspecified atom stereocenters. The van der Waals surface area contributed by atoms with E-state index in [9.17, 15) is 15.0 Å². The third-order valence-electron chi connectivity index (χ3n) is 5.04. The van der Waals surface area contributed by atoms with Gasteiger partial charge in [-0.2, -0.15) is 0 Å². The van der Waals surface area contributed by atoms with Gasteiger partial charge in [0.15, 0.2) is 5.78 Å². The summed E-state index contributed by atoms with van der Waals surface area (Å²) in [6.45, 7) is 1.30. The van der Waals surface area contributed by atoms with Crippen molar-refractivity contribution in [2.45, 2.75) is 13.0 Å². The number of phenolic OH excluding ortho intramolecular Hbond substituents is 1. The summed E-state index contributed by atoms with van der Waals surface area (Å²) in [6.07, 6.45) is 5.70. The first kappa shape index (κ1) is 21.1. The molecule has 0 fully saturated rings. The molecule has 6 heteroatoms. The zero-order chi connectivity index (χ0) is 21.0. The number of nitrogens with zero attached hydrogens (tertiary/aromatic N) is 1. The minimum Gasteiger partial charge on any atom is -0.506 e. The lowest BCUT2D eigenvalue weighted by molar-refractivity contribution is 0.104. The van der Waals surface area contributed by atoms with E-state index in [2.05, 4.69) is 4.90 Å². The maximum Gasteiger partial charge on any atom is 0.193 e. The van der Waals surface area contributed by atoms with Gasteiger partial charge in [-0.05, 0) is 54.5 Å². The predicted molar refractivity (Wildman–Crippen MR) is 115 cm³/mol. The average Bonchev–Trinajstić information content (AvgIpc) is 2.73. The number of allylic oxidation sites excluding steroid dienone is 1. The van der Waals surface area contributed by atoms with Crippen molar-refractivity contribution in [3.8, 4) is 11.5 Å². The van der Waals surface area contributed by atoms with E-state index >= 15 is 0 Å². The number of benzene rings is 2. The van der Waals surface area contributed by atoms with Crippen molar-refractivity contribution in [1.82, 2.24) is 4.90 Å². The first-order valence-electron chi connectivity index (χ1n) is 9.34. The summed E-state index contributed by atoms with van der Waals surface area (Å²) in [4.78, 5) is 15.1. The Bertz CT molecular complexity index is 981. The molecule has 0 saturated heterocycles. The van der Waals surface area contributed by atoms with Crippen LogP contribution in [-0.4, -0.2) is 48.1 Å². The Morgan fingerprint density at radius 3 is 2.72 bits per heavy atom. The lowest BCUT2D eigenvalue weighted by Gasteiger charge is -2.25. The Labute approximate surface area is 175 Å². The molecule has 3 rings (SSSR count). The molecule has 152 valence electrons. The number of hydrogen-bond acceptors (Lipinski definition) is 5. The van der Waals surface area contributed by atoms with E-state index < -0.39 is 5.78 Å². The van der Waals surface area contributed by atoms with Crippen molar-refractivity contribution >= 4 is 29.0 Å². The molecule has 0 aromatic heterocycles. The Balaban J connectivity index is 2.07. The molecule has 2 aromatic rings. The minimum absolute atomic E-state index is 0.0721. The number of likely N-dealkylation sites (N-methyl/N-ethyl adjacent to an activating group) is 1. The summed E-state index contributed by atoms with van der Waals surface area (Å²) in [7, 11) is 3.45. The standard InChI is InChI=1S/C23H24ClNO4/c1-25-11-9-16(10-12-25)21-17(14-26)13-20(29-2)22(23(21)28)19(27)8-7-15-5-3-4-6-18(15)24/h3-9,13,26,28H,10-12,14H2,1-2H3/b8-7+. The van der Waals surface area contributed by atoms with E-state index in [1.807, 2.05) is 25.3 Å². The highest BCUT2D eigenvalue weighted by molar-refractivity contribution is 6.32. The molecule has 0 atom stereocenters. The summed E-state index contributed by atoms with van der Waals surface area (Å²) in [5.74, 6) is -0.353. The molecule has 1 aliphatic heterocycles. The Morgan fingerprint density at radius 2 is 2.10 bits per heavy atom. The van der Waals surface area contributed by atoms with E-state index in [-0.39, 0.29) is 23.7 Å². The van der Waals surface area contributed by atoms with E-state index in [0.29, 0.717) is 28.1 Å². The van der Waals surface area contributed by atoms with Gasteiger partial charge in [-0.1, -0.05) is 35.9 Å². The van der Waals surface area contributed by atoms with Gasteiger partial charge in [0.1, 0.15) is 17.1 Å². The van der Waals surface area contributed by atoms with Crippen LogP contribution in [0, 0.1) is 0 Å². The number of ketones is 1. The summed E-state index contributed by atoms with van der Waals surface area (Å²) < 4.78 is 5.35. The van der Waals surface area contributed by atoms with E-state index in [0.717, 1.165) is 18.7 Å². The maximum atomic E-state index is 13.0. The molecule has 0 saturated carbocycles. The fraction of sp³-hybridized carbons (Fsp3) is 0.261. The molecule has 5 nitrogen and oxygen atoms in total. The van der Waals surface area contributed by atoms with Gasteiger partial charge in [0.2, 0.25) is 0 Å². The van der Waals surface area contributed by atoms with E-state index in [1.54, 1.807) is 24.3 Å². The van der Waals surface area contributed by atoms with Crippen LogP contribution in [0.4, 0.5) is 0 Å². The highest BCUT2D eigenvalue weighted by Crippen LogP contribution is 2.40. The van der Waals surface area contributed by atoms with Crippen molar-refractivity contribution < 1.29 is 19.7 Å². The van der Waals surface area contributed by atoms with Gasteiger partial charge in [0.05, 0.1) is 13.7 Å². The molecule has 29 heavy (non-hydrogen) atoms. The van der Waals surface area contributed by atoms with Crippen LogP contribution in [0.3, 0.4) is 0 Å². The second-order valence-corrected chi connectivity index (χ2v) is 7.36. The lowest BCUT2D eigenvalue weighted by Crippen LogP contribution is -2.24. The smallest absolute Gasteiger partial charge is 0.193 e. The van der Waals surface area contributed by atoms with Gasteiger partial charge < -0.3 is 19.8 Å². The second-order valence-electron chi connectivity index (χ2n) is 6.96. The van der Waals surface area contributed by atoms with Gasteiger partial charge in [0, 0.05) is 23.7 Å². The number of methoxy groups -OCH3 is 1. The number of hydrogen-bond donors (Lipinski definition) is 2. The Hall–Kier alpha value is -2.60. The molecule has 0 aliphatic carbocycles. The number of ether oxygens (including phenoxy) is 1. The fourth-order valence-electron chi connectivity index (χ4n) is 3.44. The van der Waals surface area contributed by atoms with E-state index in [1.165, 1.54) is 13.2 Å². The second kappa shape index (κ2) is 9.27. The monoisotopic (exact) mass is 413 g/mol. The van der Waals surface area contributed by atoms with Crippen LogP contribution in [0.5, 0.6) is 11.5 Å². The number of rotatable bonds is 6. The maximum absolute atomic E-state index is 13.0. The minimum atomic E-state index is -0.404. The molecule has 1 aliphatic rings. The highest BCUT2D eigenvalue weighted by Gasteiger charge is 2.25. The summed E-state index contributed by atoms with van der Waals surface area (Å²) in [5, 5.41) is 21.4. The van der Waals surface area contributed by atoms with Crippen molar-refractivity contribution in [3.63, 3.8) is 0 Å². The molecule has 0 amide bonds. The molecule has 0 spiro atoms. The number of carbonyl (C=O) groups excluding carboxylic acids is 1. The number of halogens is 1. The van der Waals surface area contributed by atoms with Crippen LogP contribution < -0.4 is 4.74 Å². The molecule has 1 heterocycles. The normalized spacial score (nSPS) is 14.8. The van der Waals surface area contributed by atoms with Crippen LogP contribution in [0.2, 0.25) is 5.02 Å². The topological polar surface area (TPSA) is 70.0 Å². The van der Waals surface area contributed by atoms with Crippen molar-refractivity contribution in [2.75, 3.05) is 27.2 Å². The summed E-state index contributed by atoms with van der Waals surface area (Å²) >= 11 is 6.15.